The predicted molar refractivity (Wildman–Crippen MR) is 110 cm³/mol. The van der Waals surface area contributed by atoms with Crippen molar-refractivity contribution in [2.24, 2.45) is 0 Å². The number of carbonyl (C=O) groups is 1. The van der Waals surface area contributed by atoms with E-state index in [2.05, 4.69) is 48.5 Å². The van der Waals surface area contributed by atoms with Crippen LogP contribution in [0.1, 0.15) is 6.92 Å². The monoisotopic (exact) mass is 395 g/mol. The number of hydrogen-bond donors (Lipinski definition) is 0. The lowest BCUT2D eigenvalue weighted by atomic mass is 10.3. The molecule has 0 saturated heterocycles. The molecule has 3 aromatic carbocycles. The van der Waals surface area contributed by atoms with Crippen LogP contribution >= 0.6 is 0 Å². The highest BCUT2D eigenvalue weighted by molar-refractivity contribution is 7.97. The van der Waals surface area contributed by atoms with Gasteiger partial charge in [0, 0.05) is 7.11 Å². The van der Waals surface area contributed by atoms with Gasteiger partial charge in [0.15, 0.2) is 27.6 Å². The van der Waals surface area contributed by atoms with Crippen LogP contribution in [0.4, 0.5) is 0 Å². The number of esters is 1. The van der Waals surface area contributed by atoms with Crippen LogP contribution in [0.25, 0.3) is 0 Å². The van der Waals surface area contributed by atoms with Crippen molar-refractivity contribution in [1.29, 1.82) is 0 Å². The van der Waals surface area contributed by atoms with Crippen LogP contribution in [0.15, 0.2) is 99.6 Å². The minimum atomic E-state index is -0.586. The molecule has 1 atom stereocenters. The number of hydrogen-bond acceptors (Lipinski definition) is 4. The zero-order valence-corrected chi connectivity index (χ0v) is 16.7. The van der Waals surface area contributed by atoms with Gasteiger partial charge in [-0.2, -0.15) is 0 Å². The molecule has 0 spiro atoms. The predicted octanol–water partition coefficient (Wildman–Crippen LogP) is 4.70. The molecule has 144 valence electrons. The fourth-order valence-corrected chi connectivity index (χ4v) is 4.69. The van der Waals surface area contributed by atoms with Crippen molar-refractivity contribution >= 4 is 16.9 Å². The first-order chi connectivity index (χ1) is 13.7. The molecule has 0 aliphatic heterocycles. The third kappa shape index (κ3) is 5.38. The van der Waals surface area contributed by atoms with E-state index in [-0.39, 0.29) is 17.5 Å². The summed E-state index contributed by atoms with van der Waals surface area (Å²) in [5.74, 6) is 0.155. The van der Waals surface area contributed by atoms with Crippen LogP contribution in [0, 0.1) is 0 Å². The molecule has 3 aromatic rings. The first-order valence-electron chi connectivity index (χ1n) is 8.97. The molecule has 3 rings (SSSR count). The first-order valence-corrected chi connectivity index (χ1v) is 10.2. The summed E-state index contributed by atoms with van der Waals surface area (Å²) >= 11 is 0. The second-order valence-corrected chi connectivity index (χ2v) is 8.01. The Morgan fingerprint density at radius 3 is 1.82 bits per heavy atom. The Morgan fingerprint density at radius 2 is 1.32 bits per heavy atom. The Hall–Kier alpha value is -2.76. The Morgan fingerprint density at radius 1 is 0.821 bits per heavy atom. The molecule has 0 fully saturated rings. The lowest BCUT2D eigenvalue weighted by Gasteiger charge is -2.12. The van der Waals surface area contributed by atoms with E-state index < -0.39 is 12.3 Å². The zero-order valence-electron chi connectivity index (χ0n) is 15.9. The molecule has 0 aliphatic carbocycles. The molecule has 28 heavy (non-hydrogen) atoms. The molecule has 0 aromatic heterocycles. The maximum absolute atomic E-state index is 11.7. The molecule has 5 heteroatoms. The molecule has 0 N–H and O–H groups in total. The molecule has 0 amide bonds. The third-order valence-corrected chi connectivity index (χ3v) is 6.23. The van der Waals surface area contributed by atoms with Gasteiger partial charge in [-0.25, -0.2) is 4.79 Å². The van der Waals surface area contributed by atoms with E-state index in [1.807, 2.05) is 36.4 Å². The van der Waals surface area contributed by atoms with Gasteiger partial charge < -0.3 is 14.2 Å². The summed E-state index contributed by atoms with van der Waals surface area (Å²) in [6, 6.07) is 28.7. The topological polar surface area (TPSA) is 44.8 Å². The molecule has 1 unspecified atom stereocenters. The number of carbonyl (C=O) groups excluding carboxylic acids is 1. The SMILES string of the molecule is COC(C)OC(=O)COc1ccc([S+](c2ccccc2)c2ccccc2)cc1. The van der Waals surface area contributed by atoms with Gasteiger partial charge in [-0.1, -0.05) is 36.4 Å². The van der Waals surface area contributed by atoms with Gasteiger partial charge in [0.05, 0.1) is 10.9 Å². The lowest BCUT2D eigenvalue weighted by molar-refractivity contribution is -0.172. The maximum atomic E-state index is 11.7. The van der Waals surface area contributed by atoms with E-state index in [0.29, 0.717) is 5.75 Å². The van der Waals surface area contributed by atoms with Crippen molar-refractivity contribution < 1.29 is 19.0 Å². The minimum absolute atomic E-state index is 0.157. The molecule has 0 heterocycles. The van der Waals surface area contributed by atoms with Crippen LogP contribution in [0.3, 0.4) is 0 Å². The van der Waals surface area contributed by atoms with Crippen LogP contribution in [-0.4, -0.2) is 26.0 Å². The molecule has 0 saturated carbocycles. The van der Waals surface area contributed by atoms with Crippen molar-refractivity contribution in [3.8, 4) is 5.75 Å². The summed E-state index contributed by atoms with van der Waals surface area (Å²) in [6.07, 6.45) is -0.586. The number of rotatable bonds is 8. The molecule has 0 aliphatic rings. The van der Waals surface area contributed by atoms with Gasteiger partial charge >= 0.3 is 5.97 Å². The van der Waals surface area contributed by atoms with E-state index in [9.17, 15) is 4.79 Å². The summed E-state index contributed by atoms with van der Waals surface area (Å²) in [7, 11) is 1.27. The quantitative estimate of drug-likeness (QED) is 0.315. The number of ether oxygens (including phenoxy) is 3. The van der Waals surface area contributed by atoms with Gasteiger partial charge in [0.1, 0.15) is 5.75 Å². The number of methoxy groups -OCH3 is 1. The van der Waals surface area contributed by atoms with E-state index in [0.717, 1.165) is 0 Å². The third-order valence-electron chi connectivity index (χ3n) is 4.00. The summed E-state index contributed by atoms with van der Waals surface area (Å²) in [4.78, 5) is 15.4. The van der Waals surface area contributed by atoms with Crippen molar-refractivity contribution in [2.45, 2.75) is 27.9 Å². The fraction of sp³-hybridized carbons (Fsp3) is 0.174. The molecule has 4 nitrogen and oxygen atoms in total. The van der Waals surface area contributed by atoms with Crippen LogP contribution in [0.5, 0.6) is 5.75 Å². The molecule has 0 radical (unpaired) electrons. The van der Waals surface area contributed by atoms with Gasteiger partial charge in [-0.05, 0) is 55.5 Å². The van der Waals surface area contributed by atoms with Crippen LogP contribution in [0.2, 0.25) is 0 Å². The lowest BCUT2D eigenvalue weighted by Crippen LogP contribution is -2.21. The van der Waals surface area contributed by atoms with E-state index in [1.54, 1.807) is 6.92 Å². The molecular formula is C23H23O4S+. The average Bonchev–Trinajstić information content (AvgIpc) is 2.75. The highest BCUT2D eigenvalue weighted by Gasteiger charge is 2.28. The van der Waals surface area contributed by atoms with E-state index in [1.165, 1.54) is 21.8 Å². The smallest absolute Gasteiger partial charge is 0.346 e. The molecular weight excluding hydrogens is 372 g/mol. The van der Waals surface area contributed by atoms with E-state index >= 15 is 0 Å². The van der Waals surface area contributed by atoms with Crippen molar-refractivity contribution in [3.05, 3.63) is 84.9 Å². The molecule has 0 bridgehead atoms. The van der Waals surface area contributed by atoms with Gasteiger partial charge in [0.25, 0.3) is 0 Å². The zero-order chi connectivity index (χ0) is 19.8. The fourth-order valence-electron chi connectivity index (χ4n) is 2.60. The summed E-state index contributed by atoms with van der Waals surface area (Å²) in [6.45, 7) is 1.50. The Kier molecular flexibility index (Phi) is 7.12. The Labute approximate surface area is 168 Å². The van der Waals surface area contributed by atoms with E-state index in [4.69, 9.17) is 14.2 Å². The Bertz CT molecular complexity index is 827. The van der Waals surface area contributed by atoms with Crippen LogP contribution < -0.4 is 4.74 Å². The Balaban J connectivity index is 1.75. The second-order valence-electron chi connectivity index (χ2n) is 5.99. The summed E-state index contributed by atoms with van der Waals surface area (Å²) < 4.78 is 15.4. The van der Waals surface area contributed by atoms with Crippen molar-refractivity contribution in [3.63, 3.8) is 0 Å². The van der Waals surface area contributed by atoms with Gasteiger partial charge in [-0.15, -0.1) is 0 Å². The van der Waals surface area contributed by atoms with Crippen LogP contribution in [-0.2, 0) is 25.2 Å². The minimum Gasteiger partial charge on any atom is -0.482 e. The number of benzene rings is 3. The van der Waals surface area contributed by atoms with Crippen molar-refractivity contribution in [1.82, 2.24) is 0 Å². The van der Waals surface area contributed by atoms with Crippen molar-refractivity contribution in [2.75, 3.05) is 13.7 Å². The maximum Gasteiger partial charge on any atom is 0.346 e. The van der Waals surface area contributed by atoms with Gasteiger partial charge in [0.2, 0.25) is 0 Å². The normalized spacial score (nSPS) is 11.8. The highest BCUT2D eigenvalue weighted by Crippen LogP contribution is 2.31. The van der Waals surface area contributed by atoms with Gasteiger partial charge in [-0.3, -0.25) is 0 Å². The standard InChI is InChI=1S/C23H23O4S/c1-18(25-2)27-23(24)17-26-19-13-15-22(16-14-19)28(20-9-5-3-6-10-20)21-11-7-4-8-12-21/h3-16,18H,17H2,1-2H3/q+1. The largest absolute Gasteiger partial charge is 0.482 e. The first kappa shape index (κ1) is 20.0. The second kappa shape index (κ2) is 9.97. The highest BCUT2D eigenvalue weighted by atomic mass is 32.2. The average molecular weight is 396 g/mol. The summed E-state index contributed by atoms with van der Waals surface area (Å²) in [5.41, 5.74) is 0. The summed E-state index contributed by atoms with van der Waals surface area (Å²) in [5, 5.41) is 0.